The Morgan fingerprint density at radius 2 is 2.05 bits per heavy atom. The molecular weight excluding hydrogens is 334 g/mol. The highest BCUT2D eigenvalue weighted by Gasteiger charge is 2.06. The average molecular weight is 350 g/mol. The van der Waals surface area contributed by atoms with Gasteiger partial charge in [-0.3, -0.25) is 4.79 Å². The molecule has 0 spiro atoms. The molecule has 0 saturated carbocycles. The quantitative estimate of drug-likeness (QED) is 0.552. The van der Waals surface area contributed by atoms with Crippen molar-refractivity contribution < 1.29 is 9.53 Å². The first-order valence-electron chi connectivity index (χ1n) is 6.38. The molecule has 110 valence electrons. The molecule has 0 atom stereocenters. The van der Waals surface area contributed by atoms with Crippen molar-refractivity contribution in [3.63, 3.8) is 0 Å². The highest BCUT2D eigenvalue weighted by Crippen LogP contribution is 2.21. The molecule has 6 heteroatoms. The largest absolute Gasteiger partial charge is 0.492 e. The van der Waals surface area contributed by atoms with Gasteiger partial charge < -0.3 is 21.5 Å². The SMILES string of the molecule is NC(=O)c1ccc(NCCOc2cccc(N)c2)cc1Br. The Balaban J connectivity index is 1.84. The second-order valence-corrected chi connectivity index (χ2v) is 5.26. The molecule has 0 aliphatic heterocycles. The third-order valence-corrected chi connectivity index (χ3v) is 3.45. The van der Waals surface area contributed by atoms with Crippen LogP contribution in [0.15, 0.2) is 46.9 Å². The van der Waals surface area contributed by atoms with Crippen LogP contribution in [0.2, 0.25) is 0 Å². The van der Waals surface area contributed by atoms with E-state index in [0.717, 1.165) is 11.4 Å². The van der Waals surface area contributed by atoms with Gasteiger partial charge in [-0.25, -0.2) is 0 Å². The van der Waals surface area contributed by atoms with Gasteiger partial charge in [-0.05, 0) is 46.3 Å². The molecule has 2 aromatic carbocycles. The molecule has 2 aromatic rings. The van der Waals surface area contributed by atoms with Crippen molar-refractivity contribution in [3.05, 3.63) is 52.5 Å². The van der Waals surface area contributed by atoms with Crippen molar-refractivity contribution in [3.8, 4) is 5.75 Å². The monoisotopic (exact) mass is 349 g/mol. The molecule has 0 aliphatic rings. The number of rotatable bonds is 6. The Labute approximate surface area is 131 Å². The lowest BCUT2D eigenvalue weighted by Gasteiger charge is -2.10. The van der Waals surface area contributed by atoms with Crippen LogP contribution >= 0.6 is 15.9 Å². The molecule has 2 rings (SSSR count). The first-order valence-corrected chi connectivity index (χ1v) is 7.17. The van der Waals surface area contributed by atoms with Crippen LogP contribution in [0.1, 0.15) is 10.4 Å². The molecule has 0 radical (unpaired) electrons. The van der Waals surface area contributed by atoms with Crippen molar-refractivity contribution in [2.75, 3.05) is 24.2 Å². The van der Waals surface area contributed by atoms with E-state index in [4.69, 9.17) is 16.2 Å². The lowest BCUT2D eigenvalue weighted by molar-refractivity contribution is 0.0999. The van der Waals surface area contributed by atoms with Gasteiger partial charge in [0.1, 0.15) is 12.4 Å². The van der Waals surface area contributed by atoms with Crippen molar-refractivity contribution in [1.29, 1.82) is 0 Å². The summed E-state index contributed by atoms with van der Waals surface area (Å²) in [5.41, 5.74) is 12.9. The molecule has 0 saturated heterocycles. The van der Waals surface area contributed by atoms with E-state index in [2.05, 4.69) is 21.2 Å². The number of primary amides is 1. The van der Waals surface area contributed by atoms with E-state index < -0.39 is 5.91 Å². The Morgan fingerprint density at radius 1 is 1.24 bits per heavy atom. The van der Waals surface area contributed by atoms with Crippen molar-refractivity contribution in [2.24, 2.45) is 5.73 Å². The van der Waals surface area contributed by atoms with Crippen LogP contribution in [0, 0.1) is 0 Å². The van der Waals surface area contributed by atoms with Crippen LogP contribution in [0.4, 0.5) is 11.4 Å². The predicted octanol–water partition coefficient (Wildman–Crippen LogP) is 2.62. The Bertz CT molecular complexity index is 647. The van der Waals surface area contributed by atoms with Crippen LogP contribution in [0.3, 0.4) is 0 Å². The number of nitrogen functional groups attached to an aromatic ring is 1. The normalized spacial score (nSPS) is 10.1. The molecule has 5 N–H and O–H groups in total. The summed E-state index contributed by atoms with van der Waals surface area (Å²) in [5.74, 6) is 0.278. The number of nitrogens with one attached hydrogen (secondary N) is 1. The number of amides is 1. The summed E-state index contributed by atoms with van der Waals surface area (Å²) in [6.45, 7) is 1.12. The molecule has 0 bridgehead atoms. The summed E-state index contributed by atoms with van der Waals surface area (Å²) in [6.07, 6.45) is 0. The van der Waals surface area contributed by atoms with Gasteiger partial charge in [0.25, 0.3) is 0 Å². The van der Waals surface area contributed by atoms with Crippen LogP contribution < -0.4 is 21.5 Å². The topological polar surface area (TPSA) is 90.4 Å². The lowest BCUT2D eigenvalue weighted by Crippen LogP contribution is -2.13. The van der Waals surface area contributed by atoms with Gasteiger partial charge in [0.2, 0.25) is 5.91 Å². The zero-order valence-electron chi connectivity index (χ0n) is 11.3. The number of carbonyl (C=O) groups excluding carboxylic acids is 1. The Hall–Kier alpha value is -2.21. The zero-order chi connectivity index (χ0) is 15.2. The van der Waals surface area contributed by atoms with Crippen LogP contribution in [-0.2, 0) is 0 Å². The van der Waals surface area contributed by atoms with Gasteiger partial charge in [-0.15, -0.1) is 0 Å². The molecule has 0 unspecified atom stereocenters. The van der Waals surface area contributed by atoms with Crippen molar-refractivity contribution in [2.45, 2.75) is 0 Å². The number of halogens is 1. The van der Waals surface area contributed by atoms with Gasteiger partial charge >= 0.3 is 0 Å². The predicted molar refractivity (Wildman–Crippen MR) is 87.5 cm³/mol. The lowest BCUT2D eigenvalue weighted by atomic mass is 10.2. The van der Waals surface area contributed by atoms with Crippen molar-refractivity contribution >= 4 is 33.2 Å². The smallest absolute Gasteiger partial charge is 0.249 e. The average Bonchev–Trinajstić information content (AvgIpc) is 2.43. The molecular formula is C15H16BrN3O2. The van der Waals surface area contributed by atoms with Crippen LogP contribution in [0.5, 0.6) is 5.75 Å². The Morgan fingerprint density at radius 3 is 2.71 bits per heavy atom. The summed E-state index contributed by atoms with van der Waals surface area (Å²) in [5, 5.41) is 3.20. The minimum atomic E-state index is -0.460. The second kappa shape index (κ2) is 6.99. The summed E-state index contributed by atoms with van der Waals surface area (Å²) >= 11 is 3.32. The molecule has 0 fully saturated rings. The van der Waals surface area contributed by atoms with Gasteiger partial charge in [0.15, 0.2) is 0 Å². The highest BCUT2D eigenvalue weighted by atomic mass is 79.9. The molecule has 5 nitrogen and oxygen atoms in total. The van der Waals surface area contributed by atoms with E-state index in [9.17, 15) is 4.79 Å². The molecule has 1 amide bonds. The minimum absolute atomic E-state index is 0.455. The second-order valence-electron chi connectivity index (χ2n) is 4.41. The van der Waals surface area contributed by atoms with E-state index in [1.165, 1.54) is 0 Å². The van der Waals surface area contributed by atoms with E-state index in [0.29, 0.717) is 28.9 Å². The molecule has 21 heavy (non-hydrogen) atoms. The third-order valence-electron chi connectivity index (χ3n) is 2.79. The fourth-order valence-electron chi connectivity index (χ4n) is 1.79. The first-order chi connectivity index (χ1) is 10.1. The van der Waals surface area contributed by atoms with Crippen LogP contribution in [-0.4, -0.2) is 19.1 Å². The van der Waals surface area contributed by atoms with Crippen molar-refractivity contribution in [1.82, 2.24) is 0 Å². The molecule has 0 heterocycles. The standard InChI is InChI=1S/C15H16BrN3O2/c16-14-9-11(4-5-13(14)15(18)20)19-6-7-21-12-3-1-2-10(17)8-12/h1-5,8-9,19H,6-7,17H2,(H2,18,20). The third kappa shape index (κ3) is 4.39. The fraction of sp³-hybridized carbons (Fsp3) is 0.133. The van der Waals surface area contributed by atoms with Gasteiger partial charge in [0.05, 0.1) is 5.56 Å². The number of benzene rings is 2. The molecule has 0 aliphatic carbocycles. The number of nitrogens with two attached hydrogens (primary N) is 2. The summed E-state index contributed by atoms with van der Waals surface area (Å²) in [4.78, 5) is 11.1. The first kappa shape index (κ1) is 15.2. The maximum Gasteiger partial charge on any atom is 0.249 e. The summed E-state index contributed by atoms with van der Waals surface area (Å²) in [7, 11) is 0. The number of ether oxygens (including phenoxy) is 1. The summed E-state index contributed by atoms with van der Waals surface area (Å²) in [6, 6.07) is 12.6. The molecule has 0 aromatic heterocycles. The minimum Gasteiger partial charge on any atom is -0.492 e. The van der Waals surface area contributed by atoms with E-state index in [-0.39, 0.29) is 0 Å². The summed E-state index contributed by atoms with van der Waals surface area (Å²) < 4.78 is 6.24. The van der Waals surface area contributed by atoms with E-state index in [1.807, 2.05) is 18.2 Å². The van der Waals surface area contributed by atoms with Gasteiger partial charge in [-0.2, -0.15) is 0 Å². The number of anilines is 2. The number of hydrogen-bond acceptors (Lipinski definition) is 4. The van der Waals surface area contributed by atoms with Crippen LogP contribution in [0.25, 0.3) is 0 Å². The van der Waals surface area contributed by atoms with Gasteiger partial charge in [0, 0.05) is 28.5 Å². The Kier molecular flexibility index (Phi) is 5.05. The number of hydrogen-bond donors (Lipinski definition) is 3. The zero-order valence-corrected chi connectivity index (χ0v) is 12.9. The highest BCUT2D eigenvalue weighted by molar-refractivity contribution is 9.10. The maximum atomic E-state index is 11.1. The maximum absolute atomic E-state index is 11.1. The van der Waals surface area contributed by atoms with E-state index >= 15 is 0 Å². The van der Waals surface area contributed by atoms with Gasteiger partial charge in [-0.1, -0.05) is 6.07 Å². The van der Waals surface area contributed by atoms with E-state index in [1.54, 1.807) is 24.3 Å². The number of carbonyl (C=O) groups is 1. The fourth-order valence-corrected chi connectivity index (χ4v) is 2.37.